The molecular formula is C23H23FN2O3. The van der Waals surface area contributed by atoms with Crippen molar-refractivity contribution < 1.29 is 14.1 Å². The zero-order valence-corrected chi connectivity index (χ0v) is 16.5. The van der Waals surface area contributed by atoms with E-state index in [1.165, 1.54) is 35.9 Å². The number of rotatable bonds is 5. The number of nitrogens with zero attached hydrogens (tertiary/aromatic N) is 2. The second-order valence-corrected chi connectivity index (χ2v) is 8.50. The van der Waals surface area contributed by atoms with Crippen LogP contribution in [0.15, 0.2) is 60.2 Å². The van der Waals surface area contributed by atoms with Crippen LogP contribution >= 0.6 is 0 Å². The van der Waals surface area contributed by atoms with Crippen LogP contribution in [0.5, 0.6) is 0 Å². The number of fused-ring (bicyclic) bond motifs is 1. The molecule has 2 bridgehead atoms. The summed E-state index contributed by atoms with van der Waals surface area (Å²) in [5, 5.41) is 11.1. The number of nitro groups is 1. The first kappa shape index (κ1) is 19.3. The predicted molar refractivity (Wildman–Crippen MR) is 109 cm³/mol. The Morgan fingerprint density at radius 2 is 1.97 bits per heavy atom. The molecule has 1 amide bonds. The summed E-state index contributed by atoms with van der Waals surface area (Å²) in [4.78, 5) is 25.5. The van der Waals surface area contributed by atoms with E-state index in [4.69, 9.17) is 0 Å². The van der Waals surface area contributed by atoms with Crippen LogP contribution in [0.2, 0.25) is 0 Å². The summed E-state index contributed by atoms with van der Waals surface area (Å²) < 4.78 is 13.5. The van der Waals surface area contributed by atoms with E-state index in [1.807, 2.05) is 0 Å². The Balaban J connectivity index is 1.68. The average Bonchev–Trinajstić information content (AvgIpc) is 2.72. The number of allylic oxidation sites excluding steroid dienone is 1. The zero-order chi connectivity index (χ0) is 20.8. The van der Waals surface area contributed by atoms with Gasteiger partial charge in [-0.2, -0.15) is 0 Å². The van der Waals surface area contributed by atoms with Gasteiger partial charge >= 0.3 is 0 Å². The molecular weight excluding hydrogens is 371 g/mol. The Labute approximate surface area is 169 Å². The average molecular weight is 394 g/mol. The first-order valence-corrected chi connectivity index (χ1v) is 9.78. The van der Waals surface area contributed by atoms with Gasteiger partial charge in [-0.15, -0.1) is 0 Å². The van der Waals surface area contributed by atoms with Crippen LogP contribution in [-0.4, -0.2) is 17.4 Å². The van der Waals surface area contributed by atoms with Crippen LogP contribution in [0.3, 0.4) is 0 Å². The molecule has 5 nitrogen and oxygen atoms in total. The maximum Gasteiger partial charge on any atom is 0.270 e. The maximum absolute atomic E-state index is 13.5. The van der Waals surface area contributed by atoms with Crippen molar-refractivity contribution in [1.82, 2.24) is 0 Å². The predicted octanol–water partition coefficient (Wildman–Crippen LogP) is 5.37. The molecule has 0 aromatic heterocycles. The number of carbonyl (C=O) groups excluding carboxylic acids is 1. The molecule has 0 spiro atoms. The van der Waals surface area contributed by atoms with Crippen molar-refractivity contribution in [1.29, 1.82) is 0 Å². The lowest BCUT2D eigenvalue weighted by atomic mass is 9.49. The van der Waals surface area contributed by atoms with Gasteiger partial charge in [0.05, 0.1) is 4.92 Å². The molecule has 0 aliphatic heterocycles. The number of anilines is 1. The number of amides is 1. The standard InChI is InChI=1S/C23H23FN2O3/c1-23(2)17-7-6-16(21(23)13-17)14-25(19-10-8-18(24)9-11-19)22(27)15-4-3-5-20(12-15)26(28)29/h3-6,8-12,17,21H,7,13-14H2,1-2H3. The highest BCUT2D eigenvalue weighted by atomic mass is 19.1. The summed E-state index contributed by atoms with van der Waals surface area (Å²) in [7, 11) is 0. The molecule has 3 aliphatic rings. The molecule has 5 rings (SSSR count). The van der Waals surface area contributed by atoms with Gasteiger partial charge in [-0.1, -0.05) is 31.6 Å². The molecule has 0 N–H and O–H groups in total. The van der Waals surface area contributed by atoms with Crippen molar-refractivity contribution in [2.24, 2.45) is 17.3 Å². The molecule has 2 aromatic rings. The lowest BCUT2D eigenvalue weighted by molar-refractivity contribution is -0.384. The SMILES string of the molecule is CC1(C)C2CC=C(CN(C(=O)c3cccc([N+](=O)[O-])c3)c3ccc(F)cc3)C1C2. The van der Waals surface area contributed by atoms with E-state index in [9.17, 15) is 19.3 Å². The Morgan fingerprint density at radius 1 is 1.24 bits per heavy atom. The van der Waals surface area contributed by atoms with Crippen LogP contribution in [-0.2, 0) is 0 Å². The molecule has 6 heteroatoms. The van der Waals surface area contributed by atoms with Crippen LogP contribution in [0.1, 0.15) is 37.0 Å². The minimum absolute atomic E-state index is 0.130. The number of carbonyl (C=O) groups is 1. The third-order valence-electron chi connectivity index (χ3n) is 6.61. The van der Waals surface area contributed by atoms with Gasteiger partial charge in [0, 0.05) is 29.9 Å². The minimum Gasteiger partial charge on any atom is -0.304 e. The Morgan fingerprint density at radius 3 is 2.59 bits per heavy atom. The molecule has 0 radical (unpaired) electrons. The summed E-state index contributed by atoms with van der Waals surface area (Å²) in [5.74, 6) is 0.391. The number of non-ortho nitro benzene ring substituents is 1. The van der Waals surface area contributed by atoms with Gasteiger partial charge in [0.2, 0.25) is 0 Å². The Bertz CT molecular complexity index is 997. The fourth-order valence-electron chi connectivity index (χ4n) is 4.65. The number of hydrogen-bond acceptors (Lipinski definition) is 3. The van der Waals surface area contributed by atoms with E-state index in [-0.39, 0.29) is 28.4 Å². The number of hydrogen-bond donors (Lipinski definition) is 0. The van der Waals surface area contributed by atoms with Gasteiger partial charge in [0.15, 0.2) is 0 Å². The molecule has 1 saturated carbocycles. The topological polar surface area (TPSA) is 63.5 Å². The molecule has 1 fully saturated rings. The molecule has 29 heavy (non-hydrogen) atoms. The summed E-state index contributed by atoms with van der Waals surface area (Å²) in [6.45, 7) is 4.93. The lowest BCUT2D eigenvalue weighted by Crippen LogP contribution is -2.50. The molecule has 3 aliphatic carbocycles. The highest BCUT2D eigenvalue weighted by Gasteiger charge is 2.51. The van der Waals surface area contributed by atoms with Crippen LogP contribution in [0.4, 0.5) is 15.8 Å². The van der Waals surface area contributed by atoms with Crippen molar-refractivity contribution >= 4 is 17.3 Å². The third-order valence-corrected chi connectivity index (χ3v) is 6.61. The van der Waals surface area contributed by atoms with E-state index in [0.29, 0.717) is 24.1 Å². The normalized spacial score (nSPS) is 21.7. The second kappa shape index (κ2) is 7.10. The zero-order valence-electron chi connectivity index (χ0n) is 16.5. The van der Waals surface area contributed by atoms with Crippen molar-refractivity contribution in [2.75, 3.05) is 11.4 Å². The summed E-state index contributed by atoms with van der Waals surface area (Å²) in [5.41, 5.74) is 2.11. The minimum atomic E-state index is -0.514. The summed E-state index contributed by atoms with van der Waals surface area (Å²) in [6.07, 6.45) is 4.35. The monoisotopic (exact) mass is 394 g/mol. The maximum atomic E-state index is 13.5. The number of nitro benzene ring substituents is 1. The van der Waals surface area contributed by atoms with E-state index in [1.54, 1.807) is 23.1 Å². The van der Waals surface area contributed by atoms with Gasteiger partial charge < -0.3 is 4.90 Å². The van der Waals surface area contributed by atoms with Crippen LogP contribution in [0.25, 0.3) is 0 Å². The van der Waals surface area contributed by atoms with Gasteiger partial charge in [-0.3, -0.25) is 14.9 Å². The number of halogens is 1. The van der Waals surface area contributed by atoms with E-state index < -0.39 is 4.92 Å². The molecule has 0 heterocycles. The largest absolute Gasteiger partial charge is 0.304 e. The quantitative estimate of drug-likeness (QED) is 0.389. The second-order valence-electron chi connectivity index (χ2n) is 8.50. The molecule has 2 atom stereocenters. The highest BCUT2D eigenvalue weighted by Crippen LogP contribution is 2.59. The Kier molecular flexibility index (Phi) is 4.73. The van der Waals surface area contributed by atoms with E-state index in [2.05, 4.69) is 19.9 Å². The first-order valence-electron chi connectivity index (χ1n) is 9.78. The van der Waals surface area contributed by atoms with Crippen LogP contribution < -0.4 is 4.90 Å². The summed E-state index contributed by atoms with van der Waals surface area (Å²) in [6, 6.07) is 11.5. The first-order chi connectivity index (χ1) is 13.8. The molecule has 2 unspecified atom stereocenters. The molecule has 150 valence electrons. The van der Waals surface area contributed by atoms with Gasteiger partial charge in [0.25, 0.3) is 11.6 Å². The lowest BCUT2D eigenvalue weighted by Gasteiger charge is -2.57. The fourth-order valence-corrected chi connectivity index (χ4v) is 4.65. The van der Waals surface area contributed by atoms with Gasteiger partial charge in [0.1, 0.15) is 5.82 Å². The van der Waals surface area contributed by atoms with Gasteiger partial charge in [-0.25, -0.2) is 4.39 Å². The van der Waals surface area contributed by atoms with Crippen molar-refractivity contribution in [3.05, 3.63) is 81.7 Å². The van der Waals surface area contributed by atoms with Crippen molar-refractivity contribution in [3.8, 4) is 0 Å². The van der Waals surface area contributed by atoms with Crippen molar-refractivity contribution in [3.63, 3.8) is 0 Å². The van der Waals surface area contributed by atoms with E-state index >= 15 is 0 Å². The number of benzene rings is 2. The van der Waals surface area contributed by atoms with Crippen molar-refractivity contribution in [2.45, 2.75) is 26.7 Å². The Hall–Kier alpha value is -3.02. The molecule has 2 aromatic carbocycles. The highest BCUT2D eigenvalue weighted by molar-refractivity contribution is 6.06. The van der Waals surface area contributed by atoms with Crippen LogP contribution in [0, 0.1) is 33.2 Å². The molecule has 0 saturated heterocycles. The third kappa shape index (κ3) is 3.43. The smallest absolute Gasteiger partial charge is 0.270 e. The fraction of sp³-hybridized carbons (Fsp3) is 0.348. The summed E-state index contributed by atoms with van der Waals surface area (Å²) >= 11 is 0. The van der Waals surface area contributed by atoms with Gasteiger partial charge in [-0.05, 0) is 60.4 Å². The van der Waals surface area contributed by atoms with E-state index in [0.717, 1.165) is 12.8 Å².